The molecule has 2 rings (SSSR count). The molecule has 108 valence electrons. The molecule has 0 bridgehead atoms. The first-order valence-electron chi connectivity index (χ1n) is 5.95. The zero-order chi connectivity index (χ0) is 13.0. The van der Waals surface area contributed by atoms with Crippen LogP contribution in [0.4, 0.5) is 4.39 Å². The number of rotatable bonds is 6. The van der Waals surface area contributed by atoms with E-state index in [1.54, 1.807) is 0 Å². The van der Waals surface area contributed by atoms with Gasteiger partial charge in [0.2, 0.25) is 10.0 Å². The fraction of sp³-hybridized carbons (Fsp3) is 0.500. The zero-order valence-electron chi connectivity index (χ0n) is 10.5. The van der Waals surface area contributed by atoms with Gasteiger partial charge in [-0.25, -0.2) is 13.1 Å². The molecule has 0 saturated heterocycles. The highest BCUT2D eigenvalue weighted by Gasteiger charge is 2.12. The van der Waals surface area contributed by atoms with Crippen LogP contribution in [-0.2, 0) is 29.7 Å². The smallest absolute Gasteiger partial charge is 0.211 e. The third kappa shape index (κ3) is 4.72. The molecular weight excluding hydrogens is 291 g/mol. The van der Waals surface area contributed by atoms with Gasteiger partial charge in [-0.05, 0) is 23.1 Å². The van der Waals surface area contributed by atoms with Gasteiger partial charge in [0, 0.05) is 19.6 Å². The van der Waals surface area contributed by atoms with Crippen molar-refractivity contribution in [3.63, 3.8) is 0 Å². The summed E-state index contributed by atoms with van der Waals surface area (Å²) in [5.41, 5.74) is 3.41. The summed E-state index contributed by atoms with van der Waals surface area (Å²) in [6.45, 7) is 1.36. The molecule has 2 N–H and O–H groups in total. The molecule has 0 atom stereocenters. The van der Waals surface area contributed by atoms with Crippen LogP contribution in [0.5, 0.6) is 0 Å². The first-order valence-corrected chi connectivity index (χ1v) is 7.61. The number of hydrogen-bond acceptors (Lipinski definition) is 3. The maximum Gasteiger partial charge on any atom is 0.211 e. The number of halogens is 2. The highest BCUT2D eigenvalue weighted by molar-refractivity contribution is 7.89. The van der Waals surface area contributed by atoms with E-state index < -0.39 is 16.7 Å². The van der Waals surface area contributed by atoms with Crippen molar-refractivity contribution in [2.75, 3.05) is 12.4 Å². The molecular formula is C12H18ClFN2O2S. The van der Waals surface area contributed by atoms with Gasteiger partial charge in [-0.15, -0.1) is 12.4 Å². The Hall–Kier alpha value is -0.690. The Balaban J connectivity index is 0.00000180. The van der Waals surface area contributed by atoms with E-state index in [-0.39, 0.29) is 31.1 Å². The maximum absolute atomic E-state index is 11.9. The van der Waals surface area contributed by atoms with Crippen molar-refractivity contribution in [1.29, 1.82) is 0 Å². The monoisotopic (exact) mass is 308 g/mol. The highest BCUT2D eigenvalue weighted by atomic mass is 35.5. The summed E-state index contributed by atoms with van der Waals surface area (Å²) in [6.07, 6.45) is 0.0451. The fourth-order valence-electron chi connectivity index (χ4n) is 1.97. The molecule has 7 heteroatoms. The molecule has 1 aromatic rings. The van der Waals surface area contributed by atoms with E-state index >= 15 is 0 Å². The van der Waals surface area contributed by atoms with Crippen molar-refractivity contribution in [2.24, 2.45) is 0 Å². The number of sulfonamides is 1. The predicted molar refractivity (Wildman–Crippen MR) is 75.5 cm³/mol. The van der Waals surface area contributed by atoms with Crippen molar-refractivity contribution in [3.8, 4) is 0 Å². The van der Waals surface area contributed by atoms with Gasteiger partial charge >= 0.3 is 0 Å². The van der Waals surface area contributed by atoms with Crippen LogP contribution >= 0.6 is 12.4 Å². The summed E-state index contributed by atoms with van der Waals surface area (Å²) in [6, 6.07) is 5.94. The molecule has 1 aliphatic heterocycles. The van der Waals surface area contributed by atoms with E-state index in [1.807, 2.05) is 18.2 Å². The van der Waals surface area contributed by atoms with Crippen LogP contribution in [0.3, 0.4) is 0 Å². The number of fused-ring (bicyclic) bond motifs is 1. The predicted octanol–water partition coefficient (Wildman–Crippen LogP) is 1.49. The average Bonchev–Trinajstić information content (AvgIpc) is 2.81. The van der Waals surface area contributed by atoms with Gasteiger partial charge < -0.3 is 5.32 Å². The molecule has 0 aliphatic carbocycles. The molecule has 0 fully saturated rings. The molecule has 0 unspecified atom stereocenters. The van der Waals surface area contributed by atoms with Crippen LogP contribution in [0.25, 0.3) is 0 Å². The lowest BCUT2D eigenvalue weighted by Crippen LogP contribution is -2.26. The second-order valence-corrected chi connectivity index (χ2v) is 6.32. The number of hydrogen-bond donors (Lipinski definition) is 2. The lowest BCUT2D eigenvalue weighted by atomic mass is 10.1. The molecule has 0 amide bonds. The zero-order valence-corrected chi connectivity index (χ0v) is 12.1. The van der Waals surface area contributed by atoms with Gasteiger partial charge in [0.15, 0.2) is 0 Å². The van der Waals surface area contributed by atoms with Crippen LogP contribution in [0.1, 0.15) is 23.1 Å². The van der Waals surface area contributed by atoms with Crippen LogP contribution < -0.4 is 10.0 Å². The first kappa shape index (κ1) is 16.4. The first-order chi connectivity index (χ1) is 8.61. The fourth-order valence-corrected chi connectivity index (χ4v) is 2.99. The normalized spacial score (nSPS) is 13.9. The van der Waals surface area contributed by atoms with E-state index in [4.69, 9.17) is 0 Å². The molecule has 19 heavy (non-hydrogen) atoms. The van der Waals surface area contributed by atoms with Gasteiger partial charge in [0.05, 0.1) is 12.4 Å². The van der Waals surface area contributed by atoms with Gasteiger partial charge in [-0.2, -0.15) is 0 Å². The van der Waals surface area contributed by atoms with Gasteiger partial charge in [0.1, 0.15) is 0 Å². The highest BCUT2D eigenvalue weighted by Crippen LogP contribution is 2.17. The molecule has 0 saturated carbocycles. The second-order valence-electron chi connectivity index (χ2n) is 4.39. The van der Waals surface area contributed by atoms with E-state index in [2.05, 4.69) is 10.0 Å². The molecule has 1 aliphatic rings. The summed E-state index contributed by atoms with van der Waals surface area (Å²) in [5, 5.41) is 3.23. The third-order valence-corrected chi connectivity index (χ3v) is 4.35. The van der Waals surface area contributed by atoms with Crippen LogP contribution in [0.15, 0.2) is 18.2 Å². The minimum absolute atomic E-state index is 0. The largest absolute Gasteiger partial charge is 0.309 e. The standard InChI is InChI=1S/C12H17FN2O2S.ClH/c13-4-1-5-18(16,17)15-7-10-2-3-11-8-14-9-12(11)6-10;/h2-3,6,14-15H,1,4-5,7-9H2;1H. The number of alkyl halides is 1. The van der Waals surface area contributed by atoms with E-state index in [1.165, 1.54) is 11.1 Å². The Labute approximate surface area is 119 Å². The van der Waals surface area contributed by atoms with E-state index in [9.17, 15) is 12.8 Å². The van der Waals surface area contributed by atoms with Crippen molar-refractivity contribution >= 4 is 22.4 Å². The number of nitrogens with one attached hydrogen (secondary N) is 2. The van der Waals surface area contributed by atoms with Crippen molar-refractivity contribution in [1.82, 2.24) is 10.0 Å². The SMILES string of the molecule is Cl.O=S(=O)(CCCF)NCc1ccc2c(c1)CNC2. The topological polar surface area (TPSA) is 58.2 Å². The minimum Gasteiger partial charge on any atom is -0.309 e. The van der Waals surface area contributed by atoms with Crippen LogP contribution in [0, 0.1) is 0 Å². The van der Waals surface area contributed by atoms with Crippen molar-refractivity contribution in [3.05, 3.63) is 34.9 Å². The van der Waals surface area contributed by atoms with E-state index in [0.29, 0.717) is 0 Å². The third-order valence-electron chi connectivity index (χ3n) is 2.94. The molecule has 0 radical (unpaired) electrons. The molecule has 1 aromatic carbocycles. The van der Waals surface area contributed by atoms with Crippen LogP contribution in [0.2, 0.25) is 0 Å². The average molecular weight is 309 g/mol. The van der Waals surface area contributed by atoms with Crippen LogP contribution in [-0.4, -0.2) is 20.8 Å². The molecule has 4 nitrogen and oxygen atoms in total. The van der Waals surface area contributed by atoms with Crippen molar-refractivity contribution < 1.29 is 12.8 Å². The Kier molecular flexibility index (Phi) is 6.19. The quantitative estimate of drug-likeness (QED) is 0.837. The summed E-state index contributed by atoms with van der Waals surface area (Å²) < 4.78 is 37.4. The Bertz CT molecular complexity index is 522. The van der Waals surface area contributed by atoms with Gasteiger partial charge in [-0.3, -0.25) is 4.39 Å². The second kappa shape index (κ2) is 7.19. The lowest BCUT2D eigenvalue weighted by Gasteiger charge is -2.07. The Morgan fingerprint density at radius 3 is 2.74 bits per heavy atom. The lowest BCUT2D eigenvalue weighted by molar-refractivity contribution is 0.483. The maximum atomic E-state index is 11.9. The summed E-state index contributed by atoms with van der Waals surface area (Å²) in [4.78, 5) is 0. The minimum atomic E-state index is -3.36. The summed E-state index contributed by atoms with van der Waals surface area (Å²) in [5.74, 6) is -0.157. The van der Waals surface area contributed by atoms with Crippen molar-refractivity contribution in [2.45, 2.75) is 26.1 Å². The Morgan fingerprint density at radius 2 is 2.00 bits per heavy atom. The Morgan fingerprint density at radius 1 is 1.26 bits per heavy atom. The van der Waals surface area contributed by atoms with E-state index in [0.717, 1.165) is 18.7 Å². The summed E-state index contributed by atoms with van der Waals surface area (Å²) >= 11 is 0. The number of benzene rings is 1. The molecule has 1 heterocycles. The summed E-state index contributed by atoms with van der Waals surface area (Å²) in [7, 11) is -3.36. The molecule has 0 spiro atoms. The van der Waals surface area contributed by atoms with Gasteiger partial charge in [-0.1, -0.05) is 18.2 Å². The molecule has 0 aromatic heterocycles. The van der Waals surface area contributed by atoms with Gasteiger partial charge in [0.25, 0.3) is 0 Å².